The van der Waals surface area contributed by atoms with Crippen LogP contribution in [0.4, 0.5) is 4.79 Å². The van der Waals surface area contributed by atoms with E-state index in [1.165, 1.54) is 0 Å². The maximum Gasteiger partial charge on any atom is 0.407 e. The van der Waals surface area contributed by atoms with E-state index in [1.54, 1.807) is 6.08 Å². The van der Waals surface area contributed by atoms with E-state index >= 15 is 0 Å². The second kappa shape index (κ2) is 8.32. The van der Waals surface area contributed by atoms with Gasteiger partial charge in [-0.15, -0.1) is 0 Å². The van der Waals surface area contributed by atoms with Crippen molar-refractivity contribution < 1.29 is 19.0 Å². The van der Waals surface area contributed by atoms with Gasteiger partial charge in [-0.2, -0.15) is 0 Å². The van der Waals surface area contributed by atoms with E-state index in [-0.39, 0.29) is 0 Å². The summed E-state index contributed by atoms with van der Waals surface area (Å²) in [7, 11) is 0. The Morgan fingerprint density at radius 2 is 2.00 bits per heavy atom. The number of ether oxygens (including phenoxy) is 3. The summed E-state index contributed by atoms with van der Waals surface area (Å²) in [5.74, 6) is 1.30. The van der Waals surface area contributed by atoms with Gasteiger partial charge in [-0.25, -0.2) is 4.79 Å². The molecule has 1 rings (SSSR count). The molecule has 0 aromatic heterocycles. The van der Waals surface area contributed by atoms with Gasteiger partial charge in [0, 0.05) is 0 Å². The molecule has 0 aliphatic rings. The van der Waals surface area contributed by atoms with Crippen molar-refractivity contribution in [3.8, 4) is 11.5 Å². The van der Waals surface area contributed by atoms with E-state index in [4.69, 9.17) is 14.2 Å². The number of carbonyl (C=O) groups is 1. The molecule has 5 heteroatoms. The minimum absolute atomic E-state index is 0.326. The molecule has 0 bridgehead atoms. The van der Waals surface area contributed by atoms with Gasteiger partial charge in [0.2, 0.25) is 0 Å². The highest BCUT2D eigenvalue weighted by atomic mass is 16.6. The van der Waals surface area contributed by atoms with Crippen LogP contribution >= 0.6 is 0 Å². The smallest absolute Gasteiger partial charge is 0.407 e. The molecule has 0 unspecified atom stereocenters. The lowest BCUT2D eigenvalue weighted by Gasteiger charge is -2.19. The molecule has 0 radical (unpaired) electrons. The Bertz CT molecular complexity index is 506. The molecule has 1 N–H and O–H groups in total. The average molecular weight is 307 g/mol. The number of alkyl carbamates (subject to hydrolysis) is 1. The molecule has 0 fully saturated rings. The van der Waals surface area contributed by atoms with E-state index in [0.717, 1.165) is 5.56 Å². The van der Waals surface area contributed by atoms with Crippen molar-refractivity contribution in [3.05, 3.63) is 30.3 Å². The fraction of sp³-hybridized carbons (Fsp3) is 0.471. The average Bonchev–Trinajstić information content (AvgIpc) is 2.43. The van der Waals surface area contributed by atoms with E-state index < -0.39 is 11.7 Å². The van der Waals surface area contributed by atoms with Gasteiger partial charge in [0.15, 0.2) is 11.5 Å². The maximum atomic E-state index is 11.5. The standard InChI is InChI=1S/C17H25NO4/c1-6-13-8-9-14(15(12-13)20-7-2)21-11-10-18-16(19)22-17(3,4)5/h6,8-9,12H,1,7,10-11H2,2-5H3,(H,18,19). The van der Waals surface area contributed by atoms with Crippen LogP contribution in [0.25, 0.3) is 6.08 Å². The zero-order chi connectivity index (χ0) is 16.6. The van der Waals surface area contributed by atoms with Crippen molar-refractivity contribution in [2.45, 2.75) is 33.3 Å². The third kappa shape index (κ3) is 6.52. The topological polar surface area (TPSA) is 56.8 Å². The van der Waals surface area contributed by atoms with Crippen molar-refractivity contribution >= 4 is 12.2 Å². The van der Waals surface area contributed by atoms with Crippen LogP contribution in [0.5, 0.6) is 11.5 Å². The molecule has 1 amide bonds. The summed E-state index contributed by atoms with van der Waals surface area (Å²) in [6, 6.07) is 5.59. The third-order valence-electron chi connectivity index (χ3n) is 2.53. The number of hydrogen-bond acceptors (Lipinski definition) is 4. The maximum absolute atomic E-state index is 11.5. The summed E-state index contributed by atoms with van der Waals surface area (Å²) in [6.07, 6.45) is 1.29. The number of hydrogen-bond donors (Lipinski definition) is 1. The molecule has 0 saturated carbocycles. The van der Waals surface area contributed by atoms with Gasteiger partial charge in [-0.05, 0) is 45.4 Å². The fourth-order valence-corrected chi connectivity index (χ4v) is 1.67. The molecular weight excluding hydrogens is 282 g/mol. The Balaban J connectivity index is 2.47. The van der Waals surface area contributed by atoms with Crippen LogP contribution in [0.2, 0.25) is 0 Å². The van der Waals surface area contributed by atoms with Gasteiger partial charge in [0.1, 0.15) is 12.2 Å². The lowest BCUT2D eigenvalue weighted by Crippen LogP contribution is -2.34. The SMILES string of the molecule is C=Cc1ccc(OCCNC(=O)OC(C)(C)C)c(OCC)c1. The Morgan fingerprint density at radius 3 is 2.59 bits per heavy atom. The van der Waals surface area contributed by atoms with Crippen LogP contribution in [0.15, 0.2) is 24.8 Å². The number of nitrogens with one attached hydrogen (secondary N) is 1. The first-order valence-corrected chi connectivity index (χ1v) is 7.34. The first-order valence-electron chi connectivity index (χ1n) is 7.34. The highest BCUT2D eigenvalue weighted by molar-refractivity contribution is 5.67. The van der Waals surface area contributed by atoms with E-state index in [2.05, 4.69) is 11.9 Å². The van der Waals surface area contributed by atoms with Crippen molar-refractivity contribution in [2.75, 3.05) is 19.8 Å². The lowest BCUT2D eigenvalue weighted by molar-refractivity contribution is 0.0520. The number of carbonyl (C=O) groups excluding carboxylic acids is 1. The van der Waals surface area contributed by atoms with E-state index in [0.29, 0.717) is 31.3 Å². The van der Waals surface area contributed by atoms with Crippen LogP contribution in [-0.2, 0) is 4.74 Å². The van der Waals surface area contributed by atoms with Gasteiger partial charge < -0.3 is 19.5 Å². The molecule has 0 atom stereocenters. The van der Waals surface area contributed by atoms with E-state index in [1.807, 2.05) is 45.9 Å². The molecule has 1 aromatic carbocycles. The summed E-state index contributed by atoms with van der Waals surface area (Å²) in [6.45, 7) is 12.3. The number of rotatable bonds is 7. The Labute approximate surface area is 132 Å². The summed E-state index contributed by atoms with van der Waals surface area (Å²) in [5.41, 5.74) is 0.454. The molecular formula is C17H25NO4. The third-order valence-corrected chi connectivity index (χ3v) is 2.53. The predicted octanol–water partition coefficient (Wildman–Crippen LogP) is 3.63. The van der Waals surface area contributed by atoms with Gasteiger partial charge in [0.25, 0.3) is 0 Å². The van der Waals surface area contributed by atoms with Crippen molar-refractivity contribution in [3.63, 3.8) is 0 Å². The predicted molar refractivity (Wildman–Crippen MR) is 87.4 cm³/mol. The molecule has 0 spiro atoms. The minimum atomic E-state index is -0.506. The van der Waals surface area contributed by atoms with Crippen LogP contribution in [-0.4, -0.2) is 31.5 Å². The van der Waals surface area contributed by atoms with Gasteiger partial charge in [-0.3, -0.25) is 0 Å². The molecule has 1 aromatic rings. The Hall–Kier alpha value is -2.17. The summed E-state index contributed by atoms with van der Waals surface area (Å²) in [5, 5.41) is 2.64. The van der Waals surface area contributed by atoms with Crippen molar-refractivity contribution in [1.29, 1.82) is 0 Å². The highest BCUT2D eigenvalue weighted by Gasteiger charge is 2.15. The zero-order valence-electron chi connectivity index (χ0n) is 13.8. The number of benzene rings is 1. The quantitative estimate of drug-likeness (QED) is 0.782. The van der Waals surface area contributed by atoms with E-state index in [9.17, 15) is 4.79 Å². The van der Waals surface area contributed by atoms with Crippen LogP contribution in [0.3, 0.4) is 0 Å². The molecule has 0 heterocycles. The summed E-state index contributed by atoms with van der Waals surface area (Å²) < 4.78 is 16.3. The first-order chi connectivity index (χ1) is 10.4. The molecule has 22 heavy (non-hydrogen) atoms. The minimum Gasteiger partial charge on any atom is -0.490 e. The van der Waals surface area contributed by atoms with Crippen molar-refractivity contribution in [2.24, 2.45) is 0 Å². The normalized spacial score (nSPS) is 10.7. The molecule has 5 nitrogen and oxygen atoms in total. The van der Waals surface area contributed by atoms with Gasteiger partial charge in [0.05, 0.1) is 13.2 Å². The van der Waals surface area contributed by atoms with Crippen molar-refractivity contribution in [1.82, 2.24) is 5.32 Å². The van der Waals surface area contributed by atoms with Crippen LogP contribution < -0.4 is 14.8 Å². The summed E-state index contributed by atoms with van der Waals surface area (Å²) >= 11 is 0. The second-order valence-corrected chi connectivity index (χ2v) is 5.62. The van der Waals surface area contributed by atoms with Gasteiger partial charge >= 0.3 is 6.09 Å². The summed E-state index contributed by atoms with van der Waals surface area (Å²) in [4.78, 5) is 11.5. The van der Waals surface area contributed by atoms with Crippen LogP contribution in [0, 0.1) is 0 Å². The van der Waals surface area contributed by atoms with Gasteiger partial charge in [-0.1, -0.05) is 18.7 Å². The monoisotopic (exact) mass is 307 g/mol. The molecule has 0 aliphatic carbocycles. The fourth-order valence-electron chi connectivity index (χ4n) is 1.67. The largest absolute Gasteiger partial charge is 0.490 e. The second-order valence-electron chi connectivity index (χ2n) is 5.62. The van der Waals surface area contributed by atoms with Crippen LogP contribution in [0.1, 0.15) is 33.3 Å². The molecule has 0 saturated heterocycles. The number of amides is 1. The zero-order valence-corrected chi connectivity index (χ0v) is 13.8. The lowest BCUT2D eigenvalue weighted by atomic mass is 10.2. The Kier molecular flexibility index (Phi) is 6.76. The Morgan fingerprint density at radius 1 is 1.27 bits per heavy atom. The molecule has 0 aliphatic heterocycles. The highest BCUT2D eigenvalue weighted by Crippen LogP contribution is 2.28. The first kappa shape index (κ1) is 17.9. The molecule has 122 valence electrons.